The second-order valence-corrected chi connectivity index (χ2v) is 4.64. The molecule has 0 unspecified atom stereocenters. The van der Waals surface area contributed by atoms with Crippen LogP contribution in [0.3, 0.4) is 0 Å². The highest BCUT2D eigenvalue weighted by Crippen LogP contribution is 2.15. The molecule has 0 spiro atoms. The van der Waals surface area contributed by atoms with Crippen LogP contribution in [0, 0.1) is 0 Å². The van der Waals surface area contributed by atoms with Crippen LogP contribution in [0.1, 0.15) is 6.92 Å². The van der Waals surface area contributed by atoms with Crippen LogP contribution >= 0.6 is 0 Å². The molecule has 0 aliphatic rings. The SMILES string of the molecule is C=CCNc1nc(OCC(=C)C)nc(N(CC=C)CC=C)n1. The molecule has 22 heavy (non-hydrogen) atoms. The quantitative estimate of drug-likeness (QED) is 0.634. The molecule has 0 radical (unpaired) electrons. The first kappa shape index (κ1) is 17.4. The van der Waals surface area contributed by atoms with E-state index in [1.54, 1.807) is 18.2 Å². The molecule has 1 heterocycles. The second-order valence-electron chi connectivity index (χ2n) is 4.64. The minimum absolute atomic E-state index is 0.248. The van der Waals surface area contributed by atoms with Crippen LogP contribution in [-0.4, -0.2) is 41.2 Å². The van der Waals surface area contributed by atoms with Crippen molar-refractivity contribution in [2.75, 3.05) is 36.5 Å². The van der Waals surface area contributed by atoms with Gasteiger partial charge < -0.3 is 15.0 Å². The molecule has 0 saturated heterocycles. The van der Waals surface area contributed by atoms with Crippen molar-refractivity contribution in [3.8, 4) is 6.01 Å². The summed E-state index contributed by atoms with van der Waals surface area (Å²) in [5, 5.41) is 3.04. The van der Waals surface area contributed by atoms with Gasteiger partial charge >= 0.3 is 6.01 Å². The molecule has 0 fully saturated rings. The van der Waals surface area contributed by atoms with Crippen LogP contribution < -0.4 is 15.0 Å². The fourth-order valence-corrected chi connectivity index (χ4v) is 1.53. The number of hydrogen-bond donors (Lipinski definition) is 1. The van der Waals surface area contributed by atoms with Gasteiger partial charge in [-0.3, -0.25) is 0 Å². The first-order chi connectivity index (χ1) is 10.6. The largest absolute Gasteiger partial charge is 0.459 e. The summed E-state index contributed by atoms with van der Waals surface area (Å²) in [5.41, 5.74) is 0.886. The van der Waals surface area contributed by atoms with E-state index in [4.69, 9.17) is 4.74 Å². The van der Waals surface area contributed by atoms with E-state index in [2.05, 4.69) is 46.6 Å². The van der Waals surface area contributed by atoms with Gasteiger partial charge in [0, 0.05) is 19.6 Å². The predicted octanol–water partition coefficient (Wildman–Crippen LogP) is 2.60. The molecule has 0 amide bonds. The van der Waals surface area contributed by atoms with Gasteiger partial charge in [0.05, 0.1) is 0 Å². The van der Waals surface area contributed by atoms with Crippen molar-refractivity contribution < 1.29 is 4.74 Å². The van der Waals surface area contributed by atoms with E-state index in [-0.39, 0.29) is 6.01 Å². The van der Waals surface area contributed by atoms with Crippen LogP contribution in [0.25, 0.3) is 0 Å². The van der Waals surface area contributed by atoms with Crippen molar-refractivity contribution in [3.05, 3.63) is 50.1 Å². The molecule has 1 N–H and O–H groups in total. The monoisotopic (exact) mass is 301 g/mol. The van der Waals surface area contributed by atoms with Crippen LogP contribution in [0.15, 0.2) is 50.1 Å². The molecule has 0 aliphatic heterocycles. The number of nitrogens with one attached hydrogen (secondary N) is 1. The maximum atomic E-state index is 5.53. The Labute approximate surface area is 131 Å². The van der Waals surface area contributed by atoms with E-state index < -0.39 is 0 Å². The van der Waals surface area contributed by atoms with E-state index in [0.29, 0.717) is 38.1 Å². The fourth-order valence-electron chi connectivity index (χ4n) is 1.53. The van der Waals surface area contributed by atoms with Gasteiger partial charge in [-0.25, -0.2) is 0 Å². The van der Waals surface area contributed by atoms with Crippen molar-refractivity contribution in [2.45, 2.75) is 6.92 Å². The third-order valence-electron chi connectivity index (χ3n) is 2.44. The van der Waals surface area contributed by atoms with Crippen LogP contribution in [0.5, 0.6) is 6.01 Å². The van der Waals surface area contributed by atoms with E-state index in [1.807, 2.05) is 11.8 Å². The minimum Gasteiger partial charge on any atom is -0.459 e. The maximum absolute atomic E-state index is 5.53. The van der Waals surface area contributed by atoms with Gasteiger partial charge in [-0.05, 0) is 12.5 Å². The molecule has 6 heteroatoms. The lowest BCUT2D eigenvalue weighted by molar-refractivity contribution is 0.323. The molecular formula is C16H23N5O. The van der Waals surface area contributed by atoms with E-state index in [0.717, 1.165) is 5.57 Å². The van der Waals surface area contributed by atoms with E-state index in [9.17, 15) is 0 Å². The number of ether oxygens (including phenoxy) is 1. The molecule has 0 aromatic carbocycles. The van der Waals surface area contributed by atoms with Gasteiger partial charge in [0.1, 0.15) is 6.61 Å². The van der Waals surface area contributed by atoms with Crippen molar-refractivity contribution >= 4 is 11.9 Å². The summed E-state index contributed by atoms with van der Waals surface area (Å²) in [6.07, 6.45) is 5.28. The molecule has 118 valence electrons. The molecule has 1 aromatic heterocycles. The summed E-state index contributed by atoms with van der Waals surface area (Å²) < 4.78 is 5.53. The fraction of sp³-hybridized carbons (Fsp3) is 0.312. The van der Waals surface area contributed by atoms with Crippen LogP contribution in [0.2, 0.25) is 0 Å². The van der Waals surface area contributed by atoms with E-state index >= 15 is 0 Å². The average Bonchev–Trinajstić information content (AvgIpc) is 2.50. The molecule has 0 atom stereocenters. The van der Waals surface area contributed by atoms with Gasteiger partial charge in [0.15, 0.2) is 0 Å². The van der Waals surface area contributed by atoms with Gasteiger partial charge in [0.25, 0.3) is 0 Å². The molecule has 1 aromatic rings. The van der Waals surface area contributed by atoms with Crippen molar-refractivity contribution in [2.24, 2.45) is 0 Å². The number of anilines is 2. The third-order valence-corrected chi connectivity index (χ3v) is 2.44. The number of hydrogen-bond acceptors (Lipinski definition) is 6. The Balaban J connectivity index is 3.07. The Morgan fingerprint density at radius 2 is 1.82 bits per heavy atom. The first-order valence-electron chi connectivity index (χ1n) is 6.95. The third kappa shape index (κ3) is 5.78. The molecule has 0 aliphatic carbocycles. The number of rotatable bonds is 11. The molecule has 6 nitrogen and oxygen atoms in total. The topological polar surface area (TPSA) is 63.2 Å². The zero-order valence-electron chi connectivity index (χ0n) is 13.1. The summed E-state index contributed by atoms with van der Waals surface area (Å²) in [6, 6.07) is 0.248. The zero-order chi connectivity index (χ0) is 16.4. The lowest BCUT2D eigenvalue weighted by atomic mass is 10.4. The second kappa shape index (κ2) is 9.33. The van der Waals surface area contributed by atoms with Crippen molar-refractivity contribution in [1.82, 2.24) is 15.0 Å². The minimum atomic E-state index is 0.248. The van der Waals surface area contributed by atoms with Gasteiger partial charge in [-0.2, -0.15) is 15.0 Å². The first-order valence-corrected chi connectivity index (χ1v) is 6.95. The highest BCUT2D eigenvalue weighted by atomic mass is 16.5. The number of nitrogens with zero attached hydrogens (tertiary/aromatic N) is 4. The Morgan fingerprint density at radius 3 is 2.36 bits per heavy atom. The van der Waals surface area contributed by atoms with Crippen molar-refractivity contribution in [1.29, 1.82) is 0 Å². The van der Waals surface area contributed by atoms with E-state index in [1.165, 1.54) is 0 Å². The Hall–Kier alpha value is -2.63. The van der Waals surface area contributed by atoms with Gasteiger partial charge in [-0.1, -0.05) is 24.8 Å². The van der Waals surface area contributed by atoms with Crippen molar-refractivity contribution in [3.63, 3.8) is 0 Å². The summed E-state index contributed by atoms with van der Waals surface area (Å²) in [5.74, 6) is 0.929. The Kier molecular flexibility index (Phi) is 7.39. The standard InChI is InChI=1S/C16H23N5O/c1-6-9-17-14-18-15(21(10-7-2)11-8-3)20-16(19-14)22-12-13(4)5/h6-8H,1-4,9-12H2,5H3,(H,17,18,19,20). The lowest BCUT2D eigenvalue weighted by Crippen LogP contribution is -2.26. The van der Waals surface area contributed by atoms with Gasteiger partial charge in [0.2, 0.25) is 11.9 Å². The smallest absolute Gasteiger partial charge is 0.323 e. The average molecular weight is 301 g/mol. The van der Waals surface area contributed by atoms with Crippen LogP contribution in [-0.2, 0) is 0 Å². The molecule has 0 bridgehead atoms. The molecule has 0 saturated carbocycles. The highest BCUT2D eigenvalue weighted by molar-refractivity contribution is 5.40. The highest BCUT2D eigenvalue weighted by Gasteiger charge is 2.12. The number of aromatic nitrogens is 3. The summed E-state index contributed by atoms with van der Waals surface area (Å²) in [7, 11) is 0. The molecular weight excluding hydrogens is 278 g/mol. The lowest BCUT2D eigenvalue weighted by Gasteiger charge is -2.20. The Bertz CT molecular complexity index is 531. The van der Waals surface area contributed by atoms with Gasteiger partial charge in [-0.15, -0.1) is 19.7 Å². The van der Waals surface area contributed by atoms with Crippen LogP contribution in [0.4, 0.5) is 11.9 Å². The summed E-state index contributed by atoms with van der Waals surface area (Å²) in [4.78, 5) is 14.8. The normalized spacial score (nSPS) is 9.68. The maximum Gasteiger partial charge on any atom is 0.323 e. The summed E-state index contributed by atoms with van der Waals surface area (Å²) in [6.45, 7) is 18.9. The molecule has 1 rings (SSSR count). The zero-order valence-corrected chi connectivity index (χ0v) is 13.1. The Morgan fingerprint density at radius 1 is 1.14 bits per heavy atom. The summed E-state index contributed by atoms with van der Waals surface area (Å²) >= 11 is 0. The predicted molar refractivity (Wildman–Crippen MR) is 91.4 cm³/mol.